The van der Waals surface area contributed by atoms with Crippen LogP contribution in [0.1, 0.15) is 86.8 Å². The number of hydrogen-bond donors (Lipinski definition) is 0. The minimum absolute atomic E-state index is 0.0649. The number of allylic oxidation sites excluding steroid dienone is 2. The van der Waals surface area contributed by atoms with E-state index in [1.165, 1.54) is 72.0 Å². The van der Waals surface area contributed by atoms with Crippen LogP contribution in [0.15, 0.2) is 126 Å². The van der Waals surface area contributed by atoms with Gasteiger partial charge in [-0.05, 0) is 80.6 Å². The lowest BCUT2D eigenvalue weighted by Gasteiger charge is -2.28. The molecule has 0 saturated heterocycles. The Morgan fingerprint density at radius 1 is 0.467 bits per heavy atom. The molecule has 2 unspecified atom stereocenters. The summed E-state index contributed by atoms with van der Waals surface area (Å²) in [7, 11) is 0. The highest BCUT2D eigenvalue weighted by Gasteiger charge is 2.35. The Morgan fingerprint density at radius 3 is 1.33 bits per heavy atom. The number of fused-ring (bicyclic) bond motifs is 5. The fourth-order valence-electron chi connectivity index (χ4n) is 7.94. The van der Waals surface area contributed by atoms with Gasteiger partial charge in [-0.15, -0.1) is 0 Å². The van der Waals surface area contributed by atoms with Crippen LogP contribution in [-0.2, 0) is 0 Å². The largest absolute Gasteiger partial charge is 0.309 e. The van der Waals surface area contributed by atoms with Crippen LogP contribution in [0.4, 0.5) is 0 Å². The van der Waals surface area contributed by atoms with E-state index in [4.69, 9.17) is 0 Å². The normalized spacial score (nSPS) is 17.8. The number of benzene rings is 5. The van der Waals surface area contributed by atoms with Crippen molar-refractivity contribution in [2.45, 2.75) is 53.4 Å². The summed E-state index contributed by atoms with van der Waals surface area (Å²) in [6, 6.07) is 43.2. The molecule has 0 aliphatic heterocycles. The van der Waals surface area contributed by atoms with Crippen LogP contribution in [0.25, 0.3) is 39.6 Å². The Hall–Kier alpha value is -4.62. The summed E-state index contributed by atoms with van der Waals surface area (Å²) in [5.41, 5.74) is 15.1. The maximum Gasteiger partial charge on any atom is 0.0541 e. The summed E-state index contributed by atoms with van der Waals surface area (Å²) < 4.78 is 2.45. The van der Waals surface area contributed by atoms with Crippen molar-refractivity contribution >= 4 is 34.0 Å². The second-order valence-corrected chi connectivity index (χ2v) is 15.0. The third-order valence-electron chi connectivity index (χ3n) is 10.1. The number of nitrogens with zero attached hydrogens (tertiary/aromatic N) is 1. The minimum atomic E-state index is 0.0649. The number of hydrogen-bond acceptors (Lipinski definition) is 0. The smallest absolute Gasteiger partial charge is 0.0541 e. The molecule has 1 heterocycles. The van der Waals surface area contributed by atoms with Gasteiger partial charge < -0.3 is 4.57 Å². The van der Waals surface area contributed by atoms with Gasteiger partial charge in [0.25, 0.3) is 0 Å². The standard InChI is InChI=1S/C44H41N/c1-43(2,3)37-26-28-14-10-12-18-33(28)41(37)30-20-22-39-35(24-30)36-25-31(21-23-40(36)45(39)32-16-8-7-9-17-32)42-34-19-13-11-15-29(34)27-38(42)44(4,5)6/h7-27,41-42H,1-6H3. The SMILES string of the molecule is CC(C)(C)C1=Cc2ccccc2C1c1ccc2c(c1)c1cc(C3C(C(C)(C)C)=Cc4ccccc43)ccc1n2-c1ccccc1. The Balaban J connectivity index is 1.38. The second-order valence-electron chi connectivity index (χ2n) is 15.0. The van der Waals surface area contributed by atoms with Crippen molar-refractivity contribution in [3.05, 3.63) is 160 Å². The molecule has 0 saturated carbocycles. The van der Waals surface area contributed by atoms with Crippen LogP contribution >= 0.6 is 0 Å². The van der Waals surface area contributed by atoms with Gasteiger partial charge in [0.1, 0.15) is 0 Å². The maximum atomic E-state index is 2.50. The van der Waals surface area contributed by atoms with Gasteiger partial charge >= 0.3 is 0 Å². The van der Waals surface area contributed by atoms with Gasteiger partial charge in [0.2, 0.25) is 0 Å². The van der Waals surface area contributed by atoms with Crippen LogP contribution in [0.3, 0.4) is 0 Å². The van der Waals surface area contributed by atoms with Gasteiger partial charge in [-0.2, -0.15) is 0 Å². The lowest BCUT2D eigenvalue weighted by atomic mass is 9.75. The Bertz CT molecular complexity index is 2040. The number of aromatic nitrogens is 1. The second kappa shape index (κ2) is 9.94. The van der Waals surface area contributed by atoms with Crippen molar-refractivity contribution in [1.29, 1.82) is 0 Å². The molecule has 2 aliphatic rings. The summed E-state index contributed by atoms with van der Waals surface area (Å²) in [5, 5.41) is 2.64. The lowest BCUT2D eigenvalue weighted by molar-refractivity contribution is 0.484. The molecular formula is C44H41N. The van der Waals surface area contributed by atoms with E-state index in [0.29, 0.717) is 0 Å². The molecule has 0 radical (unpaired) electrons. The van der Waals surface area contributed by atoms with Crippen LogP contribution < -0.4 is 0 Å². The predicted octanol–water partition coefficient (Wildman–Crippen LogP) is 11.9. The molecule has 0 spiro atoms. The highest BCUT2D eigenvalue weighted by atomic mass is 15.0. The van der Waals surface area contributed by atoms with Crippen molar-refractivity contribution in [1.82, 2.24) is 4.57 Å². The summed E-state index contributed by atoms with van der Waals surface area (Å²) in [6.45, 7) is 14.1. The van der Waals surface area contributed by atoms with Gasteiger partial charge in [0.05, 0.1) is 11.0 Å². The Kier molecular flexibility index (Phi) is 6.16. The van der Waals surface area contributed by atoms with Gasteiger partial charge in [-0.3, -0.25) is 0 Å². The molecule has 6 aromatic rings. The van der Waals surface area contributed by atoms with Crippen LogP contribution in [0.2, 0.25) is 0 Å². The third-order valence-corrected chi connectivity index (χ3v) is 10.1. The third kappa shape index (κ3) is 4.44. The van der Waals surface area contributed by atoms with Crippen LogP contribution in [0.5, 0.6) is 0 Å². The fourth-order valence-corrected chi connectivity index (χ4v) is 7.94. The minimum Gasteiger partial charge on any atom is -0.309 e. The van der Waals surface area contributed by atoms with Crippen molar-refractivity contribution in [3.8, 4) is 5.69 Å². The number of para-hydroxylation sites is 1. The molecule has 1 aromatic heterocycles. The maximum absolute atomic E-state index is 2.50. The molecule has 1 heteroatoms. The van der Waals surface area contributed by atoms with E-state index in [1.807, 2.05) is 0 Å². The first-order chi connectivity index (χ1) is 21.6. The highest BCUT2D eigenvalue weighted by Crippen LogP contribution is 2.51. The molecule has 2 aliphatic carbocycles. The molecule has 1 nitrogen and oxygen atoms in total. The lowest BCUT2D eigenvalue weighted by Crippen LogP contribution is -2.15. The Labute approximate surface area is 267 Å². The molecule has 222 valence electrons. The first kappa shape index (κ1) is 27.9. The fraction of sp³-hybridized carbons (Fsp3) is 0.227. The zero-order chi connectivity index (χ0) is 31.1. The summed E-state index contributed by atoms with van der Waals surface area (Å²) in [6.07, 6.45) is 4.88. The first-order valence-corrected chi connectivity index (χ1v) is 16.3. The molecule has 0 N–H and O–H groups in total. The van der Waals surface area contributed by atoms with Crippen LogP contribution in [0, 0.1) is 10.8 Å². The van der Waals surface area contributed by atoms with E-state index in [1.54, 1.807) is 0 Å². The molecule has 8 rings (SSSR count). The van der Waals surface area contributed by atoms with Crippen LogP contribution in [-0.4, -0.2) is 4.57 Å². The molecule has 45 heavy (non-hydrogen) atoms. The molecular weight excluding hydrogens is 542 g/mol. The van der Waals surface area contributed by atoms with E-state index in [0.717, 1.165) is 0 Å². The highest BCUT2D eigenvalue weighted by molar-refractivity contribution is 6.10. The molecule has 0 fully saturated rings. The van der Waals surface area contributed by atoms with Gasteiger partial charge in [-0.25, -0.2) is 0 Å². The topological polar surface area (TPSA) is 4.93 Å². The summed E-state index contributed by atoms with van der Waals surface area (Å²) in [4.78, 5) is 0. The molecule has 0 bridgehead atoms. The van der Waals surface area contributed by atoms with E-state index in [9.17, 15) is 0 Å². The van der Waals surface area contributed by atoms with Crippen molar-refractivity contribution in [2.24, 2.45) is 10.8 Å². The molecule has 0 amide bonds. The van der Waals surface area contributed by atoms with E-state index in [2.05, 4.69) is 174 Å². The van der Waals surface area contributed by atoms with Crippen molar-refractivity contribution in [2.75, 3.05) is 0 Å². The molecule has 5 aromatic carbocycles. The Morgan fingerprint density at radius 2 is 0.889 bits per heavy atom. The van der Waals surface area contributed by atoms with E-state index in [-0.39, 0.29) is 22.7 Å². The van der Waals surface area contributed by atoms with E-state index >= 15 is 0 Å². The zero-order valence-electron chi connectivity index (χ0n) is 27.2. The zero-order valence-corrected chi connectivity index (χ0v) is 27.2. The predicted molar refractivity (Wildman–Crippen MR) is 192 cm³/mol. The first-order valence-electron chi connectivity index (χ1n) is 16.3. The van der Waals surface area contributed by atoms with E-state index < -0.39 is 0 Å². The van der Waals surface area contributed by atoms with Gasteiger partial charge in [-0.1, -0.05) is 144 Å². The summed E-state index contributed by atoms with van der Waals surface area (Å²) >= 11 is 0. The molecule has 2 atom stereocenters. The van der Waals surface area contributed by atoms with Crippen molar-refractivity contribution in [3.63, 3.8) is 0 Å². The van der Waals surface area contributed by atoms with Gasteiger partial charge in [0, 0.05) is 28.3 Å². The quantitative estimate of drug-likeness (QED) is 0.195. The average molecular weight is 584 g/mol. The summed E-state index contributed by atoms with van der Waals surface area (Å²) in [5.74, 6) is 0.502. The van der Waals surface area contributed by atoms with Crippen molar-refractivity contribution < 1.29 is 0 Å². The average Bonchev–Trinajstić information content (AvgIpc) is 3.71. The monoisotopic (exact) mass is 583 g/mol. The number of rotatable bonds is 3. The van der Waals surface area contributed by atoms with Gasteiger partial charge in [0.15, 0.2) is 0 Å².